The number of unbranched alkanes of at least 4 members (excludes halogenated alkanes) is 2. The van der Waals surface area contributed by atoms with Crippen LogP contribution in [0.3, 0.4) is 0 Å². The van der Waals surface area contributed by atoms with E-state index < -0.39 is 0 Å². The molecule has 6 amide bonds. The monoisotopic (exact) mass is 660 g/mol. The van der Waals surface area contributed by atoms with Crippen molar-refractivity contribution in [1.29, 1.82) is 0 Å². The zero-order valence-electron chi connectivity index (χ0n) is 27.4. The Balaban J connectivity index is 0.000000260. The molecule has 12 nitrogen and oxygen atoms in total. The SMILES string of the molecule is C[C@H]1CC(=O)N(CCCCNC(=O)/C=C/c2ccc(O)cc2)C1=O.C[C@H]1CC(=O)N(CCCCNC(=O)/C=C/c2ccc(O)cc2)C1=O. The van der Waals surface area contributed by atoms with Crippen LogP contribution in [0.1, 0.15) is 63.5 Å². The first-order valence-electron chi connectivity index (χ1n) is 16.1. The summed E-state index contributed by atoms with van der Waals surface area (Å²) in [7, 11) is 0. The summed E-state index contributed by atoms with van der Waals surface area (Å²) < 4.78 is 0. The van der Waals surface area contributed by atoms with E-state index in [2.05, 4.69) is 10.6 Å². The van der Waals surface area contributed by atoms with Crippen LogP contribution in [-0.4, -0.2) is 81.6 Å². The molecule has 48 heavy (non-hydrogen) atoms. The molecular weight excluding hydrogens is 616 g/mol. The van der Waals surface area contributed by atoms with Crippen LogP contribution in [-0.2, 0) is 28.8 Å². The van der Waals surface area contributed by atoms with E-state index >= 15 is 0 Å². The molecule has 4 N–H and O–H groups in total. The number of benzene rings is 2. The molecule has 0 saturated carbocycles. The highest BCUT2D eigenvalue weighted by Gasteiger charge is 2.35. The average Bonchev–Trinajstić information content (AvgIpc) is 3.45. The molecule has 4 rings (SSSR count). The molecule has 2 atom stereocenters. The molecule has 0 aromatic heterocycles. The number of nitrogens with zero attached hydrogens (tertiary/aromatic N) is 2. The Morgan fingerprint density at radius 1 is 0.646 bits per heavy atom. The third kappa shape index (κ3) is 12.2. The van der Waals surface area contributed by atoms with Crippen molar-refractivity contribution in [3.05, 3.63) is 71.8 Å². The molecule has 256 valence electrons. The lowest BCUT2D eigenvalue weighted by atomic mass is 10.1. The molecule has 12 heteroatoms. The zero-order valence-corrected chi connectivity index (χ0v) is 27.4. The number of hydrogen-bond acceptors (Lipinski definition) is 8. The van der Waals surface area contributed by atoms with Crippen LogP contribution in [0.5, 0.6) is 11.5 Å². The van der Waals surface area contributed by atoms with Gasteiger partial charge < -0.3 is 20.8 Å². The summed E-state index contributed by atoms with van der Waals surface area (Å²) in [6.07, 6.45) is 9.54. The number of phenolic OH excluding ortho intramolecular Hbond substituents is 2. The number of phenols is 2. The van der Waals surface area contributed by atoms with Crippen molar-refractivity contribution >= 4 is 47.6 Å². The van der Waals surface area contributed by atoms with E-state index in [0.29, 0.717) is 64.7 Å². The van der Waals surface area contributed by atoms with Gasteiger partial charge in [-0.1, -0.05) is 38.1 Å². The van der Waals surface area contributed by atoms with Gasteiger partial charge in [0.15, 0.2) is 0 Å². The Bertz CT molecular complexity index is 1390. The lowest BCUT2D eigenvalue weighted by Gasteiger charge is -2.13. The lowest BCUT2D eigenvalue weighted by molar-refractivity contribution is -0.140. The third-order valence-corrected chi connectivity index (χ3v) is 7.79. The van der Waals surface area contributed by atoms with Gasteiger partial charge in [-0.05, 0) is 73.2 Å². The molecule has 2 aliphatic heterocycles. The van der Waals surface area contributed by atoms with Crippen LogP contribution in [0.4, 0.5) is 0 Å². The summed E-state index contributed by atoms with van der Waals surface area (Å²) in [5.74, 6) is -0.857. The van der Waals surface area contributed by atoms with Crippen molar-refractivity contribution in [2.45, 2.75) is 52.4 Å². The predicted octanol–water partition coefficient (Wildman–Crippen LogP) is 3.39. The Labute approximate surface area is 280 Å². The summed E-state index contributed by atoms with van der Waals surface area (Å²) in [5.41, 5.74) is 1.64. The standard InChI is InChI=1S/2C18H22N2O4/c2*1-13-12-17(23)20(18(13)24)11-3-2-10-19-16(22)9-6-14-4-7-15(21)8-5-14/h2*4-9,13,21H,2-3,10-12H2,1H3,(H,19,22)/b2*9-6+/t2*13-/m00/s1. The van der Waals surface area contributed by atoms with Gasteiger partial charge in [0.2, 0.25) is 35.4 Å². The molecule has 0 unspecified atom stereocenters. The highest BCUT2D eigenvalue weighted by Crippen LogP contribution is 2.20. The van der Waals surface area contributed by atoms with Gasteiger partial charge >= 0.3 is 0 Å². The van der Waals surface area contributed by atoms with Gasteiger partial charge in [-0.15, -0.1) is 0 Å². The number of hydrogen-bond donors (Lipinski definition) is 4. The second kappa shape index (κ2) is 18.8. The quantitative estimate of drug-likeness (QED) is 0.136. The van der Waals surface area contributed by atoms with E-state index in [1.165, 1.54) is 22.0 Å². The fraction of sp³-hybridized carbons (Fsp3) is 0.389. The predicted molar refractivity (Wildman–Crippen MR) is 180 cm³/mol. The number of imide groups is 2. The van der Waals surface area contributed by atoms with Crippen molar-refractivity contribution in [3.63, 3.8) is 0 Å². The highest BCUT2D eigenvalue weighted by atomic mass is 16.3. The maximum atomic E-state index is 11.7. The van der Waals surface area contributed by atoms with Gasteiger partial charge in [-0.25, -0.2) is 0 Å². The highest BCUT2D eigenvalue weighted by molar-refractivity contribution is 6.03. The van der Waals surface area contributed by atoms with Crippen molar-refractivity contribution in [2.24, 2.45) is 11.8 Å². The minimum atomic E-state index is -0.206. The second-order valence-electron chi connectivity index (χ2n) is 11.8. The van der Waals surface area contributed by atoms with Gasteiger partial charge in [-0.3, -0.25) is 38.6 Å². The normalized spacial score (nSPS) is 17.7. The van der Waals surface area contributed by atoms with Crippen molar-refractivity contribution < 1.29 is 39.0 Å². The number of carbonyl (C=O) groups excluding carboxylic acids is 6. The van der Waals surface area contributed by atoms with E-state index in [-0.39, 0.29) is 58.8 Å². The van der Waals surface area contributed by atoms with E-state index in [9.17, 15) is 39.0 Å². The average molecular weight is 661 g/mol. The smallest absolute Gasteiger partial charge is 0.243 e. The van der Waals surface area contributed by atoms with Crippen molar-refractivity contribution in [2.75, 3.05) is 26.2 Å². The van der Waals surface area contributed by atoms with Gasteiger partial charge in [0.05, 0.1) is 0 Å². The summed E-state index contributed by atoms with van der Waals surface area (Å²) >= 11 is 0. The molecule has 2 aromatic rings. The van der Waals surface area contributed by atoms with Gasteiger partial charge in [0.1, 0.15) is 11.5 Å². The van der Waals surface area contributed by atoms with Gasteiger partial charge in [0, 0.05) is 63.0 Å². The number of rotatable bonds is 14. The maximum Gasteiger partial charge on any atom is 0.243 e. The number of aromatic hydroxyl groups is 2. The number of carbonyl (C=O) groups is 6. The van der Waals surface area contributed by atoms with Crippen molar-refractivity contribution in [1.82, 2.24) is 20.4 Å². The number of amides is 6. The minimum absolute atomic E-state index is 0.0964. The van der Waals surface area contributed by atoms with Crippen molar-refractivity contribution in [3.8, 4) is 11.5 Å². The van der Waals surface area contributed by atoms with Gasteiger partial charge in [-0.2, -0.15) is 0 Å². The Morgan fingerprint density at radius 2 is 1.00 bits per heavy atom. The third-order valence-electron chi connectivity index (χ3n) is 7.79. The summed E-state index contributed by atoms with van der Waals surface area (Å²) in [4.78, 5) is 72.7. The Morgan fingerprint density at radius 3 is 1.31 bits per heavy atom. The fourth-order valence-electron chi connectivity index (χ4n) is 5.01. The zero-order chi connectivity index (χ0) is 35.1. The Hall–Kier alpha value is -5.26. The molecule has 0 radical (unpaired) electrons. The van der Waals surface area contributed by atoms with Crippen LogP contribution in [0.2, 0.25) is 0 Å². The van der Waals surface area contributed by atoms with E-state index in [1.54, 1.807) is 74.5 Å². The summed E-state index contributed by atoms with van der Waals surface area (Å²) in [5, 5.41) is 23.9. The van der Waals surface area contributed by atoms with Crippen LogP contribution >= 0.6 is 0 Å². The van der Waals surface area contributed by atoms with Crippen LogP contribution in [0.25, 0.3) is 12.2 Å². The molecular formula is C36H44N4O8. The van der Waals surface area contributed by atoms with Crippen LogP contribution in [0.15, 0.2) is 60.7 Å². The molecule has 2 aromatic carbocycles. The second-order valence-corrected chi connectivity index (χ2v) is 11.8. The summed E-state index contributed by atoms with van der Waals surface area (Å²) in [6.45, 7) is 5.35. The summed E-state index contributed by atoms with van der Waals surface area (Å²) in [6, 6.07) is 13.1. The van der Waals surface area contributed by atoms with Crippen LogP contribution in [0, 0.1) is 11.8 Å². The van der Waals surface area contributed by atoms with Gasteiger partial charge in [0.25, 0.3) is 0 Å². The molecule has 2 heterocycles. The maximum absolute atomic E-state index is 11.7. The largest absolute Gasteiger partial charge is 0.508 e. The Kier molecular flexibility index (Phi) is 14.6. The lowest BCUT2D eigenvalue weighted by Crippen LogP contribution is -2.32. The topological polar surface area (TPSA) is 173 Å². The molecule has 0 spiro atoms. The molecule has 2 saturated heterocycles. The molecule has 2 fully saturated rings. The van der Waals surface area contributed by atoms with E-state index in [4.69, 9.17) is 0 Å². The van der Waals surface area contributed by atoms with E-state index in [0.717, 1.165) is 11.1 Å². The molecule has 0 bridgehead atoms. The first-order chi connectivity index (χ1) is 22.9. The molecule has 0 aliphatic carbocycles. The number of likely N-dealkylation sites (tertiary alicyclic amines) is 2. The molecule has 2 aliphatic rings. The van der Waals surface area contributed by atoms with Crippen LogP contribution < -0.4 is 10.6 Å². The minimum Gasteiger partial charge on any atom is -0.508 e. The first-order valence-corrected chi connectivity index (χ1v) is 16.1. The first kappa shape index (κ1) is 37.2. The number of nitrogens with one attached hydrogen (secondary N) is 2. The van der Waals surface area contributed by atoms with E-state index in [1.807, 2.05) is 0 Å². The fourth-order valence-corrected chi connectivity index (χ4v) is 5.01.